The van der Waals surface area contributed by atoms with Gasteiger partial charge in [0.2, 0.25) is 0 Å². The number of fused-ring (bicyclic) bond motifs is 2. The molecule has 120 valence electrons. The van der Waals surface area contributed by atoms with Gasteiger partial charge < -0.3 is 4.74 Å². The normalized spacial score (nSPS) is 26.8. The van der Waals surface area contributed by atoms with Crippen LogP contribution in [0.25, 0.3) is 0 Å². The van der Waals surface area contributed by atoms with Gasteiger partial charge in [-0.3, -0.25) is 0 Å². The molecule has 0 aromatic carbocycles. The minimum atomic E-state index is -1.36. The Morgan fingerprint density at radius 3 is 2.00 bits per heavy atom. The van der Waals surface area contributed by atoms with Gasteiger partial charge in [-0.2, -0.15) is 0 Å². The number of rotatable bonds is 7. The molecule has 0 saturated heterocycles. The molecular formula is C18H34OSi2. The second-order valence-electron chi connectivity index (χ2n) is 7.99. The zero-order valence-electron chi connectivity index (χ0n) is 15.1. The van der Waals surface area contributed by atoms with Crippen LogP contribution in [0.1, 0.15) is 27.2 Å². The van der Waals surface area contributed by atoms with Gasteiger partial charge >= 0.3 is 0 Å². The Labute approximate surface area is 133 Å². The van der Waals surface area contributed by atoms with E-state index in [1.165, 1.54) is 24.6 Å². The first-order chi connectivity index (χ1) is 9.84. The van der Waals surface area contributed by atoms with Crippen LogP contribution in [-0.2, 0) is 4.74 Å². The molecule has 0 aliphatic heterocycles. The van der Waals surface area contributed by atoms with Gasteiger partial charge in [0, 0.05) is 13.0 Å². The largest absolute Gasteiger partial charge is 0.381 e. The summed E-state index contributed by atoms with van der Waals surface area (Å²) in [6.45, 7) is 14.8. The zero-order chi connectivity index (χ0) is 15.8. The average molecular weight is 323 g/mol. The minimum absolute atomic E-state index is 0.458. The van der Waals surface area contributed by atoms with E-state index in [0.717, 1.165) is 5.92 Å². The van der Waals surface area contributed by atoms with Crippen LogP contribution >= 0.6 is 0 Å². The lowest BCUT2D eigenvalue weighted by molar-refractivity contribution is 0.176. The molecule has 3 unspecified atom stereocenters. The van der Waals surface area contributed by atoms with Crippen LogP contribution in [0.3, 0.4) is 0 Å². The van der Waals surface area contributed by atoms with Gasteiger partial charge in [-0.1, -0.05) is 75.9 Å². The van der Waals surface area contributed by atoms with E-state index in [0.29, 0.717) is 11.6 Å². The standard InChI is InChI=1S/C18H34OSi2/c1-8-21(9-2,10-3)18(19-4)16-14-11-12-15(13-14)17(16)20(5,6)7/h11-12,14-15,18H,8-10,13H2,1-7H3. The van der Waals surface area contributed by atoms with Gasteiger partial charge in [0.25, 0.3) is 0 Å². The molecule has 3 atom stereocenters. The van der Waals surface area contributed by atoms with Crippen LogP contribution in [0.15, 0.2) is 22.9 Å². The van der Waals surface area contributed by atoms with E-state index in [-0.39, 0.29) is 0 Å². The molecule has 21 heavy (non-hydrogen) atoms. The van der Waals surface area contributed by atoms with Gasteiger partial charge in [-0.15, -0.1) is 0 Å². The lowest BCUT2D eigenvalue weighted by Gasteiger charge is -2.41. The summed E-state index contributed by atoms with van der Waals surface area (Å²) < 4.78 is 6.24. The summed E-state index contributed by atoms with van der Waals surface area (Å²) in [6, 6.07) is 4.05. The van der Waals surface area contributed by atoms with E-state index in [1.807, 2.05) is 12.3 Å². The first-order valence-electron chi connectivity index (χ1n) is 8.80. The molecule has 0 aromatic rings. The Hall–Kier alpha value is -0.126. The van der Waals surface area contributed by atoms with Crippen molar-refractivity contribution in [3.05, 3.63) is 22.9 Å². The molecule has 0 heterocycles. The summed E-state index contributed by atoms with van der Waals surface area (Å²) in [5.41, 5.74) is 2.21. The number of ether oxygens (including phenoxy) is 1. The Kier molecular flexibility index (Phi) is 5.06. The third kappa shape index (κ3) is 2.77. The molecule has 2 bridgehead atoms. The van der Waals surface area contributed by atoms with Crippen molar-refractivity contribution in [3.8, 4) is 0 Å². The lowest BCUT2D eigenvalue weighted by atomic mass is 10.0. The highest BCUT2D eigenvalue weighted by molar-refractivity contribution is 6.84. The summed E-state index contributed by atoms with van der Waals surface area (Å²) in [5.74, 6) is 1.43. The van der Waals surface area contributed by atoms with Crippen molar-refractivity contribution in [1.29, 1.82) is 0 Å². The van der Waals surface area contributed by atoms with Gasteiger partial charge in [0.15, 0.2) is 0 Å². The summed E-state index contributed by atoms with van der Waals surface area (Å²) in [7, 11) is -0.658. The molecular weight excluding hydrogens is 288 g/mol. The molecule has 0 amide bonds. The van der Waals surface area contributed by atoms with Crippen molar-refractivity contribution in [3.63, 3.8) is 0 Å². The molecule has 3 heteroatoms. The molecule has 0 N–H and O–H groups in total. The maximum Gasteiger partial charge on any atom is 0.0921 e. The summed E-state index contributed by atoms with van der Waals surface area (Å²) in [4.78, 5) is 0. The molecule has 0 fully saturated rings. The highest BCUT2D eigenvalue weighted by Gasteiger charge is 2.48. The van der Waals surface area contributed by atoms with E-state index in [9.17, 15) is 0 Å². The van der Waals surface area contributed by atoms with Crippen LogP contribution in [0, 0.1) is 11.8 Å². The molecule has 0 spiro atoms. The monoisotopic (exact) mass is 322 g/mol. The first kappa shape index (κ1) is 17.2. The topological polar surface area (TPSA) is 9.23 Å². The predicted octanol–water partition coefficient (Wildman–Crippen LogP) is 5.43. The van der Waals surface area contributed by atoms with E-state index >= 15 is 0 Å². The summed E-state index contributed by atoms with van der Waals surface area (Å²) in [6.07, 6.45) is 6.31. The third-order valence-electron chi connectivity index (χ3n) is 6.16. The van der Waals surface area contributed by atoms with Crippen LogP contribution < -0.4 is 0 Å². The molecule has 1 nitrogen and oxygen atoms in total. The second-order valence-corrected chi connectivity index (χ2v) is 18.4. The summed E-state index contributed by atoms with van der Waals surface area (Å²) in [5, 5.41) is 1.84. The van der Waals surface area contributed by atoms with E-state index in [1.54, 1.807) is 5.57 Å². The smallest absolute Gasteiger partial charge is 0.0921 e. The highest BCUT2D eigenvalue weighted by Crippen LogP contribution is 2.51. The molecule has 0 saturated carbocycles. The van der Waals surface area contributed by atoms with Gasteiger partial charge in [-0.25, -0.2) is 0 Å². The van der Waals surface area contributed by atoms with Crippen LogP contribution in [-0.4, -0.2) is 29.0 Å². The van der Waals surface area contributed by atoms with E-state index < -0.39 is 16.1 Å². The molecule has 0 radical (unpaired) electrons. The fourth-order valence-corrected chi connectivity index (χ4v) is 11.7. The Bertz CT molecular complexity index is 432. The quantitative estimate of drug-likeness (QED) is 0.448. The summed E-state index contributed by atoms with van der Waals surface area (Å²) >= 11 is 0. The number of hydrogen-bond donors (Lipinski definition) is 0. The first-order valence-corrected chi connectivity index (χ1v) is 15.0. The number of methoxy groups -OCH3 is 1. The minimum Gasteiger partial charge on any atom is -0.381 e. The van der Waals surface area contributed by atoms with Crippen molar-refractivity contribution in [2.24, 2.45) is 11.8 Å². The molecule has 0 aromatic heterocycles. The van der Waals surface area contributed by atoms with Crippen LogP contribution in [0.2, 0.25) is 37.8 Å². The fraction of sp³-hybridized carbons (Fsp3) is 0.778. The van der Waals surface area contributed by atoms with Crippen molar-refractivity contribution in [1.82, 2.24) is 0 Å². The Morgan fingerprint density at radius 2 is 1.57 bits per heavy atom. The highest BCUT2D eigenvalue weighted by atomic mass is 28.3. The van der Waals surface area contributed by atoms with Crippen molar-refractivity contribution < 1.29 is 4.74 Å². The molecule has 2 aliphatic carbocycles. The van der Waals surface area contributed by atoms with E-state index in [2.05, 4.69) is 52.6 Å². The van der Waals surface area contributed by atoms with Gasteiger partial charge in [0.1, 0.15) is 0 Å². The Morgan fingerprint density at radius 1 is 1.05 bits per heavy atom. The van der Waals surface area contributed by atoms with Crippen LogP contribution in [0.4, 0.5) is 0 Å². The molecule has 2 rings (SSSR count). The van der Waals surface area contributed by atoms with Crippen molar-refractivity contribution in [2.45, 2.75) is 70.7 Å². The van der Waals surface area contributed by atoms with Crippen molar-refractivity contribution >= 4 is 16.1 Å². The number of allylic oxidation sites excluding steroid dienone is 3. The third-order valence-corrected chi connectivity index (χ3v) is 14.3. The predicted molar refractivity (Wildman–Crippen MR) is 99.1 cm³/mol. The second kappa shape index (κ2) is 6.17. The fourth-order valence-electron chi connectivity index (χ4n) is 4.90. The molecule has 2 aliphatic rings. The van der Waals surface area contributed by atoms with Crippen molar-refractivity contribution in [2.75, 3.05) is 7.11 Å². The average Bonchev–Trinajstić information content (AvgIpc) is 3.04. The number of hydrogen-bond acceptors (Lipinski definition) is 1. The lowest BCUT2D eigenvalue weighted by Crippen LogP contribution is -2.50. The van der Waals surface area contributed by atoms with E-state index in [4.69, 9.17) is 4.74 Å². The van der Waals surface area contributed by atoms with Gasteiger partial charge in [-0.05, 0) is 17.9 Å². The maximum atomic E-state index is 6.24. The SMILES string of the molecule is CC[Si](CC)(CC)C(OC)C1=C([Si](C)(C)C)C2C=CC1C2. The van der Waals surface area contributed by atoms with Crippen LogP contribution in [0.5, 0.6) is 0 Å². The maximum absolute atomic E-state index is 6.24. The van der Waals surface area contributed by atoms with Gasteiger partial charge in [0.05, 0.1) is 21.9 Å². The Balaban J connectivity index is 2.52. The zero-order valence-corrected chi connectivity index (χ0v) is 17.1.